The maximum absolute atomic E-state index is 5.69. The van der Waals surface area contributed by atoms with E-state index in [2.05, 4.69) is 9.36 Å². The Balaban J connectivity index is 2.24. The quantitative estimate of drug-likeness (QED) is 0.816. The van der Waals surface area contributed by atoms with Gasteiger partial charge in [-0.25, -0.2) is 4.98 Å². The Hall–Kier alpha value is -1.07. The highest BCUT2D eigenvalue weighted by Gasteiger charge is 2.05. The summed E-state index contributed by atoms with van der Waals surface area (Å²) in [5, 5.41) is 0. The van der Waals surface area contributed by atoms with Crippen LogP contribution in [0.3, 0.4) is 0 Å². The predicted octanol–water partition coefficient (Wildman–Crippen LogP) is 2.89. The Bertz CT molecular complexity index is 479. The first-order valence-electron chi connectivity index (χ1n) is 4.49. The van der Waals surface area contributed by atoms with E-state index in [9.17, 15) is 0 Å². The number of hydrogen-bond acceptors (Lipinski definition) is 5. The van der Waals surface area contributed by atoms with Crippen molar-refractivity contribution in [3.05, 3.63) is 29.6 Å². The monoisotopic (exact) mass is 237 g/mol. The molecule has 2 N–H and O–H groups in total. The van der Waals surface area contributed by atoms with E-state index in [4.69, 9.17) is 5.73 Å². The summed E-state index contributed by atoms with van der Waals surface area (Å²) in [6, 6.07) is 5.89. The standard InChI is InChI=1S/C10H11N3S2/c1-6-5-8(11)3-4-9(6)14-10-12-7(2)13-15-10/h3-5H,11H2,1-2H3. The molecule has 0 bridgehead atoms. The predicted molar refractivity (Wildman–Crippen MR) is 64.4 cm³/mol. The van der Waals surface area contributed by atoms with Crippen LogP contribution in [-0.4, -0.2) is 9.36 Å². The highest BCUT2D eigenvalue weighted by atomic mass is 32.2. The zero-order valence-electron chi connectivity index (χ0n) is 8.52. The molecule has 15 heavy (non-hydrogen) atoms. The van der Waals surface area contributed by atoms with Crippen molar-refractivity contribution in [3.63, 3.8) is 0 Å². The van der Waals surface area contributed by atoms with E-state index >= 15 is 0 Å². The van der Waals surface area contributed by atoms with Crippen molar-refractivity contribution in [3.8, 4) is 0 Å². The minimum absolute atomic E-state index is 0.797. The zero-order chi connectivity index (χ0) is 10.8. The summed E-state index contributed by atoms with van der Waals surface area (Å²) in [5.74, 6) is 0.829. The first-order valence-corrected chi connectivity index (χ1v) is 6.08. The van der Waals surface area contributed by atoms with Crippen molar-refractivity contribution >= 4 is 29.0 Å². The average Bonchev–Trinajstić information content (AvgIpc) is 2.56. The molecule has 1 aromatic carbocycles. The molecule has 0 aliphatic heterocycles. The lowest BCUT2D eigenvalue weighted by atomic mass is 10.2. The topological polar surface area (TPSA) is 51.8 Å². The average molecular weight is 237 g/mol. The van der Waals surface area contributed by atoms with Crippen LogP contribution in [0.25, 0.3) is 0 Å². The van der Waals surface area contributed by atoms with Gasteiger partial charge in [-0.1, -0.05) is 11.8 Å². The van der Waals surface area contributed by atoms with Crippen molar-refractivity contribution < 1.29 is 0 Å². The van der Waals surface area contributed by atoms with Gasteiger partial charge in [-0.05, 0) is 49.1 Å². The third kappa shape index (κ3) is 2.49. The van der Waals surface area contributed by atoms with Gasteiger partial charge < -0.3 is 5.73 Å². The van der Waals surface area contributed by atoms with Gasteiger partial charge >= 0.3 is 0 Å². The van der Waals surface area contributed by atoms with Crippen LogP contribution < -0.4 is 5.73 Å². The number of aryl methyl sites for hydroxylation is 2. The molecule has 78 valence electrons. The SMILES string of the molecule is Cc1nsc(Sc2ccc(N)cc2C)n1. The minimum Gasteiger partial charge on any atom is -0.399 e. The summed E-state index contributed by atoms with van der Waals surface area (Å²) in [6.07, 6.45) is 0. The van der Waals surface area contributed by atoms with Gasteiger partial charge in [0.15, 0.2) is 4.34 Å². The van der Waals surface area contributed by atoms with E-state index in [0.717, 1.165) is 15.9 Å². The number of nitrogens with two attached hydrogens (primary N) is 1. The number of nitrogen functional groups attached to an aromatic ring is 1. The van der Waals surface area contributed by atoms with Crippen LogP contribution in [0, 0.1) is 13.8 Å². The van der Waals surface area contributed by atoms with Crippen LogP contribution >= 0.6 is 23.3 Å². The molecule has 2 aromatic rings. The molecule has 0 fully saturated rings. The third-order valence-electron chi connectivity index (χ3n) is 1.91. The molecule has 0 atom stereocenters. The fourth-order valence-corrected chi connectivity index (χ4v) is 2.88. The molecule has 0 amide bonds. The number of hydrogen-bond donors (Lipinski definition) is 1. The number of benzene rings is 1. The van der Waals surface area contributed by atoms with Crippen LogP contribution in [-0.2, 0) is 0 Å². The lowest BCUT2D eigenvalue weighted by molar-refractivity contribution is 1.10. The van der Waals surface area contributed by atoms with Gasteiger partial charge in [0.1, 0.15) is 5.82 Å². The maximum atomic E-state index is 5.69. The molecule has 0 saturated heterocycles. The normalized spacial score (nSPS) is 10.5. The van der Waals surface area contributed by atoms with E-state index in [1.807, 2.05) is 32.0 Å². The van der Waals surface area contributed by atoms with Crippen molar-refractivity contribution in [1.82, 2.24) is 9.36 Å². The van der Waals surface area contributed by atoms with Crippen LogP contribution in [0.2, 0.25) is 0 Å². The second-order valence-corrected chi connectivity index (χ2v) is 5.28. The highest BCUT2D eigenvalue weighted by Crippen LogP contribution is 2.31. The van der Waals surface area contributed by atoms with Crippen molar-refractivity contribution in [2.24, 2.45) is 0 Å². The maximum Gasteiger partial charge on any atom is 0.174 e. The van der Waals surface area contributed by atoms with Gasteiger partial charge in [-0.2, -0.15) is 4.37 Å². The smallest absolute Gasteiger partial charge is 0.174 e. The van der Waals surface area contributed by atoms with Gasteiger partial charge in [0.2, 0.25) is 0 Å². The van der Waals surface area contributed by atoms with Crippen molar-refractivity contribution in [2.45, 2.75) is 23.1 Å². The number of anilines is 1. The summed E-state index contributed by atoms with van der Waals surface area (Å²) in [4.78, 5) is 5.49. The van der Waals surface area contributed by atoms with E-state index < -0.39 is 0 Å². The Morgan fingerprint density at radius 2 is 2.13 bits per heavy atom. The molecule has 1 heterocycles. The first-order chi connectivity index (χ1) is 7.15. The molecule has 5 heteroatoms. The van der Waals surface area contributed by atoms with Gasteiger partial charge in [0.05, 0.1) is 0 Å². The first kappa shape index (κ1) is 10.4. The lowest BCUT2D eigenvalue weighted by Gasteiger charge is -2.03. The molecular formula is C10H11N3S2. The Morgan fingerprint density at radius 3 is 2.73 bits per heavy atom. The summed E-state index contributed by atoms with van der Waals surface area (Å²) >= 11 is 3.06. The Labute approximate surface area is 96.9 Å². The number of aromatic nitrogens is 2. The van der Waals surface area contributed by atoms with E-state index in [1.165, 1.54) is 22.0 Å². The van der Waals surface area contributed by atoms with Crippen LogP contribution in [0.5, 0.6) is 0 Å². The van der Waals surface area contributed by atoms with Gasteiger partial charge in [-0.3, -0.25) is 0 Å². The van der Waals surface area contributed by atoms with Gasteiger partial charge in [0, 0.05) is 10.6 Å². The van der Waals surface area contributed by atoms with Crippen molar-refractivity contribution in [2.75, 3.05) is 5.73 Å². The summed E-state index contributed by atoms with van der Waals surface area (Å²) in [7, 11) is 0. The second-order valence-electron chi connectivity index (χ2n) is 3.23. The molecule has 2 rings (SSSR count). The fourth-order valence-electron chi connectivity index (χ4n) is 1.20. The molecule has 3 nitrogen and oxygen atoms in total. The second kappa shape index (κ2) is 4.20. The Morgan fingerprint density at radius 1 is 1.33 bits per heavy atom. The molecule has 0 spiro atoms. The summed E-state index contributed by atoms with van der Waals surface area (Å²) in [5.41, 5.74) is 7.66. The van der Waals surface area contributed by atoms with E-state index in [-0.39, 0.29) is 0 Å². The molecule has 0 unspecified atom stereocenters. The molecule has 0 aliphatic rings. The summed E-state index contributed by atoms with van der Waals surface area (Å²) < 4.78 is 5.12. The molecule has 0 saturated carbocycles. The van der Waals surface area contributed by atoms with Gasteiger partial charge in [-0.15, -0.1) is 0 Å². The van der Waals surface area contributed by atoms with Crippen LogP contribution in [0.4, 0.5) is 5.69 Å². The molecule has 0 aliphatic carbocycles. The minimum atomic E-state index is 0.797. The van der Waals surface area contributed by atoms with Crippen LogP contribution in [0.15, 0.2) is 27.4 Å². The Kier molecular flexibility index (Phi) is 2.93. The zero-order valence-corrected chi connectivity index (χ0v) is 10.2. The fraction of sp³-hybridized carbons (Fsp3) is 0.200. The van der Waals surface area contributed by atoms with E-state index in [1.54, 1.807) is 11.8 Å². The van der Waals surface area contributed by atoms with Crippen molar-refractivity contribution in [1.29, 1.82) is 0 Å². The lowest BCUT2D eigenvalue weighted by Crippen LogP contribution is -1.86. The largest absolute Gasteiger partial charge is 0.399 e. The van der Waals surface area contributed by atoms with Gasteiger partial charge in [0.25, 0.3) is 0 Å². The molecule has 0 radical (unpaired) electrons. The third-order valence-corrected chi connectivity index (χ3v) is 3.93. The van der Waals surface area contributed by atoms with E-state index in [0.29, 0.717) is 0 Å². The molecule has 1 aromatic heterocycles. The van der Waals surface area contributed by atoms with Crippen LogP contribution in [0.1, 0.15) is 11.4 Å². The summed E-state index contributed by atoms with van der Waals surface area (Å²) in [6.45, 7) is 3.95. The number of rotatable bonds is 2. The highest BCUT2D eigenvalue weighted by molar-refractivity contribution is 8.01. The molecular weight excluding hydrogens is 226 g/mol. The number of nitrogens with zero attached hydrogens (tertiary/aromatic N) is 2.